The van der Waals surface area contributed by atoms with Crippen molar-refractivity contribution in [1.29, 1.82) is 0 Å². The van der Waals surface area contributed by atoms with E-state index < -0.39 is 0 Å². The van der Waals surface area contributed by atoms with E-state index in [0.717, 1.165) is 23.1 Å². The zero-order valence-corrected chi connectivity index (χ0v) is 14.2. The highest BCUT2D eigenvalue weighted by Crippen LogP contribution is 2.27. The molecule has 2 N–H and O–H groups in total. The van der Waals surface area contributed by atoms with Gasteiger partial charge in [0.1, 0.15) is 0 Å². The lowest BCUT2D eigenvalue weighted by Crippen LogP contribution is -2.17. The van der Waals surface area contributed by atoms with Gasteiger partial charge in [-0.25, -0.2) is 0 Å². The molecule has 2 aromatic rings. The number of halogens is 1. The molecule has 0 saturated heterocycles. The normalized spacial score (nSPS) is 12.7. The Labute approximate surface area is 129 Å². The second-order valence-electron chi connectivity index (χ2n) is 5.33. The Bertz CT molecular complexity index is 616. The monoisotopic (exact) mass is 335 g/mol. The van der Waals surface area contributed by atoms with E-state index in [4.69, 9.17) is 5.73 Å². The second-order valence-corrected chi connectivity index (χ2v) is 6.13. The van der Waals surface area contributed by atoms with Crippen molar-refractivity contribution in [2.75, 3.05) is 0 Å². The Morgan fingerprint density at radius 1 is 1.30 bits per heavy atom. The highest BCUT2D eigenvalue weighted by molar-refractivity contribution is 9.10. The molecule has 0 aliphatic carbocycles. The van der Waals surface area contributed by atoms with Crippen molar-refractivity contribution in [3.8, 4) is 0 Å². The van der Waals surface area contributed by atoms with Crippen LogP contribution in [0, 0.1) is 20.8 Å². The average molecular weight is 336 g/mol. The molecular formula is C16H22BrN3. The summed E-state index contributed by atoms with van der Waals surface area (Å²) in [7, 11) is 0. The molecule has 0 spiro atoms. The molecule has 0 fully saturated rings. The highest BCUT2D eigenvalue weighted by Gasteiger charge is 2.17. The van der Waals surface area contributed by atoms with Gasteiger partial charge in [-0.2, -0.15) is 5.10 Å². The maximum atomic E-state index is 6.44. The number of rotatable bonds is 4. The van der Waals surface area contributed by atoms with Gasteiger partial charge in [-0.15, -0.1) is 0 Å². The topological polar surface area (TPSA) is 43.8 Å². The molecule has 1 aromatic heterocycles. The summed E-state index contributed by atoms with van der Waals surface area (Å²) in [6.45, 7) is 9.20. The first-order valence-electron chi connectivity index (χ1n) is 6.98. The van der Waals surface area contributed by atoms with E-state index in [2.05, 4.69) is 60.0 Å². The van der Waals surface area contributed by atoms with E-state index in [0.29, 0.717) is 0 Å². The quantitative estimate of drug-likeness (QED) is 0.922. The molecule has 0 radical (unpaired) electrons. The number of nitrogens with zero attached hydrogens (tertiary/aromatic N) is 2. The molecule has 0 aliphatic heterocycles. The zero-order chi connectivity index (χ0) is 14.9. The van der Waals surface area contributed by atoms with Crippen LogP contribution in [-0.2, 0) is 13.0 Å². The lowest BCUT2D eigenvalue weighted by molar-refractivity contribution is 0.585. The third-order valence-corrected chi connectivity index (χ3v) is 4.73. The van der Waals surface area contributed by atoms with Crippen molar-refractivity contribution >= 4 is 15.9 Å². The van der Waals surface area contributed by atoms with E-state index in [1.165, 1.54) is 22.4 Å². The standard InChI is InChI=1S/C16H22BrN3/c1-5-20-15(16(17)12(4)19-20)9-14(18)13-8-10(2)6-7-11(13)3/h6-8,14H,5,9,18H2,1-4H3. The van der Waals surface area contributed by atoms with Gasteiger partial charge in [0.15, 0.2) is 0 Å². The second kappa shape index (κ2) is 6.10. The summed E-state index contributed by atoms with van der Waals surface area (Å²) in [6.07, 6.45) is 0.791. The molecule has 0 saturated carbocycles. The van der Waals surface area contributed by atoms with Gasteiger partial charge in [0.05, 0.1) is 15.9 Å². The summed E-state index contributed by atoms with van der Waals surface area (Å²) in [5, 5.41) is 4.53. The van der Waals surface area contributed by atoms with Crippen LogP contribution in [0.2, 0.25) is 0 Å². The third kappa shape index (κ3) is 2.96. The Hall–Kier alpha value is -1.13. The van der Waals surface area contributed by atoms with Gasteiger partial charge in [-0.3, -0.25) is 4.68 Å². The SMILES string of the molecule is CCn1nc(C)c(Br)c1CC(N)c1cc(C)ccc1C. The number of aromatic nitrogens is 2. The van der Waals surface area contributed by atoms with Crippen LogP contribution < -0.4 is 5.73 Å². The van der Waals surface area contributed by atoms with Gasteiger partial charge in [-0.05, 0) is 54.8 Å². The van der Waals surface area contributed by atoms with Gasteiger partial charge in [0, 0.05) is 19.0 Å². The lowest BCUT2D eigenvalue weighted by atomic mass is 9.96. The van der Waals surface area contributed by atoms with Crippen molar-refractivity contribution in [1.82, 2.24) is 9.78 Å². The molecule has 2 rings (SSSR count). The largest absolute Gasteiger partial charge is 0.324 e. The van der Waals surface area contributed by atoms with Crippen molar-refractivity contribution in [2.45, 2.75) is 46.7 Å². The first kappa shape index (κ1) is 15.3. The first-order chi connectivity index (χ1) is 9.43. The predicted molar refractivity (Wildman–Crippen MR) is 86.9 cm³/mol. The average Bonchev–Trinajstić information content (AvgIpc) is 2.69. The van der Waals surface area contributed by atoms with Crippen LogP contribution in [0.3, 0.4) is 0 Å². The molecule has 20 heavy (non-hydrogen) atoms. The number of nitrogens with two attached hydrogens (primary N) is 1. The first-order valence-corrected chi connectivity index (χ1v) is 7.77. The fourth-order valence-corrected chi connectivity index (χ4v) is 2.99. The molecule has 0 bridgehead atoms. The van der Waals surface area contributed by atoms with Crippen LogP contribution in [0.15, 0.2) is 22.7 Å². The maximum Gasteiger partial charge on any atom is 0.0738 e. The minimum absolute atomic E-state index is 0.00685. The Morgan fingerprint density at radius 2 is 2.00 bits per heavy atom. The van der Waals surface area contributed by atoms with Crippen LogP contribution in [0.25, 0.3) is 0 Å². The molecule has 4 heteroatoms. The Balaban J connectivity index is 2.32. The maximum absolute atomic E-state index is 6.44. The molecular weight excluding hydrogens is 314 g/mol. The molecule has 3 nitrogen and oxygen atoms in total. The van der Waals surface area contributed by atoms with E-state index in [1.807, 2.05) is 11.6 Å². The molecule has 1 heterocycles. The smallest absolute Gasteiger partial charge is 0.0738 e. The molecule has 1 atom stereocenters. The minimum Gasteiger partial charge on any atom is -0.324 e. The van der Waals surface area contributed by atoms with E-state index in [-0.39, 0.29) is 6.04 Å². The van der Waals surface area contributed by atoms with Crippen LogP contribution in [-0.4, -0.2) is 9.78 Å². The van der Waals surface area contributed by atoms with Gasteiger partial charge < -0.3 is 5.73 Å². The number of hydrogen-bond acceptors (Lipinski definition) is 2. The predicted octanol–water partition coefficient (Wildman–Crippen LogP) is 3.83. The van der Waals surface area contributed by atoms with E-state index in [1.54, 1.807) is 0 Å². The summed E-state index contributed by atoms with van der Waals surface area (Å²) >= 11 is 3.64. The summed E-state index contributed by atoms with van der Waals surface area (Å²) in [5.74, 6) is 0. The number of aryl methyl sites for hydroxylation is 4. The van der Waals surface area contributed by atoms with Crippen molar-refractivity contribution in [2.24, 2.45) is 5.73 Å². The van der Waals surface area contributed by atoms with Crippen LogP contribution in [0.4, 0.5) is 0 Å². The Kier molecular flexibility index (Phi) is 4.66. The number of benzene rings is 1. The van der Waals surface area contributed by atoms with E-state index >= 15 is 0 Å². The third-order valence-electron chi connectivity index (χ3n) is 3.70. The molecule has 1 aromatic carbocycles. The fourth-order valence-electron chi connectivity index (χ4n) is 2.54. The van der Waals surface area contributed by atoms with Crippen molar-refractivity contribution in [3.63, 3.8) is 0 Å². The molecule has 0 amide bonds. The minimum atomic E-state index is -0.00685. The molecule has 0 aliphatic rings. The van der Waals surface area contributed by atoms with E-state index in [9.17, 15) is 0 Å². The zero-order valence-electron chi connectivity index (χ0n) is 12.6. The van der Waals surface area contributed by atoms with Crippen LogP contribution in [0.5, 0.6) is 0 Å². The van der Waals surface area contributed by atoms with Gasteiger partial charge >= 0.3 is 0 Å². The summed E-state index contributed by atoms with van der Waals surface area (Å²) < 4.78 is 3.12. The lowest BCUT2D eigenvalue weighted by Gasteiger charge is -2.16. The number of hydrogen-bond donors (Lipinski definition) is 1. The van der Waals surface area contributed by atoms with Gasteiger partial charge in [0.2, 0.25) is 0 Å². The van der Waals surface area contributed by atoms with Gasteiger partial charge in [0.25, 0.3) is 0 Å². The summed E-state index contributed by atoms with van der Waals surface area (Å²) in [4.78, 5) is 0. The fraction of sp³-hybridized carbons (Fsp3) is 0.438. The molecule has 1 unspecified atom stereocenters. The van der Waals surface area contributed by atoms with Crippen LogP contribution >= 0.6 is 15.9 Å². The Morgan fingerprint density at radius 3 is 2.65 bits per heavy atom. The van der Waals surface area contributed by atoms with Crippen molar-refractivity contribution < 1.29 is 0 Å². The van der Waals surface area contributed by atoms with Crippen molar-refractivity contribution in [3.05, 3.63) is 50.8 Å². The summed E-state index contributed by atoms with van der Waals surface area (Å²) in [6, 6.07) is 6.45. The molecule has 108 valence electrons. The van der Waals surface area contributed by atoms with Gasteiger partial charge in [-0.1, -0.05) is 23.8 Å². The summed E-state index contributed by atoms with van der Waals surface area (Å²) in [5.41, 5.74) is 12.4. The highest BCUT2D eigenvalue weighted by atomic mass is 79.9. The van der Waals surface area contributed by atoms with Crippen LogP contribution in [0.1, 0.15) is 41.0 Å².